The Kier molecular flexibility index (Phi) is 5.48. The predicted molar refractivity (Wildman–Crippen MR) is 83.0 cm³/mol. The Morgan fingerprint density at radius 1 is 0.714 bits per heavy atom. The maximum absolute atomic E-state index is 5.91. The molecular formula is C14H12BCl2O4. The van der Waals surface area contributed by atoms with Crippen LogP contribution >= 0.6 is 23.2 Å². The molecule has 0 amide bonds. The van der Waals surface area contributed by atoms with Crippen LogP contribution in [-0.4, -0.2) is 21.9 Å². The molecule has 0 fully saturated rings. The summed E-state index contributed by atoms with van der Waals surface area (Å²) in [6.07, 6.45) is 0. The summed E-state index contributed by atoms with van der Waals surface area (Å²) in [5, 5.41) is 1.05. The first-order chi connectivity index (χ1) is 10.1. The van der Waals surface area contributed by atoms with Crippen molar-refractivity contribution in [2.75, 3.05) is 14.2 Å². The molecule has 0 aromatic heterocycles. The average Bonchev–Trinajstić information content (AvgIpc) is 2.48. The minimum Gasteiger partial charge on any atom is -0.524 e. The van der Waals surface area contributed by atoms with Crippen LogP contribution in [0.4, 0.5) is 0 Å². The first kappa shape index (κ1) is 15.7. The highest BCUT2D eigenvalue weighted by Gasteiger charge is 2.11. The van der Waals surface area contributed by atoms with Crippen LogP contribution in [0.25, 0.3) is 0 Å². The van der Waals surface area contributed by atoms with E-state index >= 15 is 0 Å². The molecule has 2 aromatic carbocycles. The number of hydrogen-bond acceptors (Lipinski definition) is 4. The number of hydrogen-bond donors (Lipinski definition) is 0. The molecule has 21 heavy (non-hydrogen) atoms. The van der Waals surface area contributed by atoms with E-state index in [0.29, 0.717) is 33.0 Å². The lowest BCUT2D eigenvalue weighted by Gasteiger charge is -2.12. The van der Waals surface area contributed by atoms with Gasteiger partial charge in [0, 0.05) is 22.2 Å². The zero-order valence-corrected chi connectivity index (χ0v) is 12.9. The smallest absolute Gasteiger partial charge is 0.524 e. The van der Waals surface area contributed by atoms with Gasteiger partial charge in [-0.1, -0.05) is 23.2 Å². The Balaban J connectivity index is 2.05. The number of halogens is 2. The molecule has 0 N–H and O–H groups in total. The monoisotopic (exact) mass is 325 g/mol. The summed E-state index contributed by atoms with van der Waals surface area (Å²) in [6.45, 7) is 0. The summed E-state index contributed by atoms with van der Waals surface area (Å²) in [5.74, 6) is 1.95. The van der Waals surface area contributed by atoms with Crippen LogP contribution in [0.1, 0.15) is 0 Å². The van der Waals surface area contributed by atoms with Crippen molar-refractivity contribution in [3.63, 3.8) is 0 Å². The number of rotatable bonds is 6. The highest BCUT2D eigenvalue weighted by Crippen LogP contribution is 2.32. The van der Waals surface area contributed by atoms with Gasteiger partial charge >= 0.3 is 7.69 Å². The van der Waals surface area contributed by atoms with Gasteiger partial charge in [-0.05, 0) is 24.3 Å². The second-order valence-corrected chi connectivity index (χ2v) is 4.80. The molecule has 1 radical (unpaired) electrons. The van der Waals surface area contributed by atoms with Crippen molar-refractivity contribution < 1.29 is 18.8 Å². The van der Waals surface area contributed by atoms with E-state index in [1.807, 2.05) is 0 Å². The van der Waals surface area contributed by atoms with Crippen molar-refractivity contribution in [2.45, 2.75) is 0 Å². The summed E-state index contributed by atoms with van der Waals surface area (Å²) in [7, 11) is 4.23. The number of benzene rings is 2. The van der Waals surface area contributed by atoms with E-state index in [1.54, 1.807) is 36.4 Å². The summed E-state index contributed by atoms with van der Waals surface area (Å²) in [4.78, 5) is 0. The fourth-order valence-electron chi connectivity index (χ4n) is 1.61. The van der Waals surface area contributed by atoms with E-state index in [-0.39, 0.29) is 0 Å². The Labute approximate surface area is 133 Å². The maximum atomic E-state index is 5.91. The van der Waals surface area contributed by atoms with Gasteiger partial charge in [-0.3, -0.25) is 0 Å². The molecule has 0 unspecified atom stereocenters. The highest BCUT2D eigenvalue weighted by atomic mass is 35.5. The zero-order chi connectivity index (χ0) is 15.2. The van der Waals surface area contributed by atoms with Crippen LogP contribution in [0.2, 0.25) is 10.0 Å². The summed E-state index contributed by atoms with van der Waals surface area (Å²) in [6, 6.07) is 10.0. The number of ether oxygens (including phenoxy) is 2. The van der Waals surface area contributed by atoms with Gasteiger partial charge in [0.25, 0.3) is 0 Å². The molecule has 2 aromatic rings. The van der Waals surface area contributed by atoms with Crippen LogP contribution in [0, 0.1) is 0 Å². The van der Waals surface area contributed by atoms with Gasteiger partial charge in [-0.15, -0.1) is 0 Å². The molecule has 0 spiro atoms. The van der Waals surface area contributed by atoms with Gasteiger partial charge in [0.05, 0.1) is 14.2 Å². The topological polar surface area (TPSA) is 36.9 Å². The molecule has 109 valence electrons. The lowest BCUT2D eigenvalue weighted by atomic mass is 10.2. The third-order valence-corrected chi connectivity index (χ3v) is 3.07. The Morgan fingerprint density at radius 3 is 1.52 bits per heavy atom. The highest BCUT2D eigenvalue weighted by molar-refractivity contribution is 6.31. The minimum atomic E-state index is 0.436. The predicted octanol–water partition coefficient (Wildman–Crippen LogP) is 4.00. The largest absolute Gasteiger partial charge is 0.658 e. The van der Waals surface area contributed by atoms with Crippen molar-refractivity contribution in [3.8, 4) is 23.0 Å². The van der Waals surface area contributed by atoms with Crippen LogP contribution in [0.3, 0.4) is 0 Å². The zero-order valence-electron chi connectivity index (χ0n) is 11.4. The van der Waals surface area contributed by atoms with Crippen molar-refractivity contribution in [1.29, 1.82) is 0 Å². The van der Waals surface area contributed by atoms with Gasteiger partial charge in [0.2, 0.25) is 0 Å². The molecule has 0 aliphatic carbocycles. The summed E-state index contributed by atoms with van der Waals surface area (Å²) >= 11 is 11.8. The number of methoxy groups -OCH3 is 2. The fraction of sp³-hybridized carbons (Fsp3) is 0.143. The molecule has 0 heterocycles. The molecule has 0 saturated carbocycles. The normalized spacial score (nSPS) is 9.90. The molecule has 0 aliphatic heterocycles. The minimum absolute atomic E-state index is 0.436. The Bertz CT molecular complexity index is 568. The van der Waals surface area contributed by atoms with Crippen LogP contribution in [0.5, 0.6) is 23.0 Å². The lowest BCUT2D eigenvalue weighted by molar-refractivity contribution is 0.370. The van der Waals surface area contributed by atoms with Gasteiger partial charge in [-0.2, -0.15) is 0 Å². The van der Waals surface area contributed by atoms with Crippen molar-refractivity contribution in [1.82, 2.24) is 0 Å². The molecule has 0 aliphatic rings. The molecule has 7 heteroatoms. The molecule has 0 saturated heterocycles. The van der Waals surface area contributed by atoms with Crippen molar-refractivity contribution >= 4 is 30.9 Å². The summed E-state index contributed by atoms with van der Waals surface area (Å²) in [5.41, 5.74) is 0. The van der Waals surface area contributed by atoms with Crippen LogP contribution in [-0.2, 0) is 0 Å². The quantitative estimate of drug-likeness (QED) is 0.752. The van der Waals surface area contributed by atoms with E-state index in [2.05, 4.69) is 0 Å². The van der Waals surface area contributed by atoms with Crippen LogP contribution < -0.4 is 18.8 Å². The molecular weight excluding hydrogens is 314 g/mol. The van der Waals surface area contributed by atoms with E-state index in [1.165, 1.54) is 14.2 Å². The van der Waals surface area contributed by atoms with E-state index in [0.717, 1.165) is 7.69 Å². The fourth-order valence-corrected chi connectivity index (χ4v) is 1.94. The average molecular weight is 326 g/mol. The molecule has 0 bridgehead atoms. The first-order valence-electron chi connectivity index (χ1n) is 5.96. The molecule has 4 nitrogen and oxygen atoms in total. The first-order valence-corrected chi connectivity index (χ1v) is 6.71. The Morgan fingerprint density at radius 2 is 1.14 bits per heavy atom. The van der Waals surface area contributed by atoms with Crippen molar-refractivity contribution in [3.05, 3.63) is 46.4 Å². The third-order valence-electron chi connectivity index (χ3n) is 2.60. The van der Waals surface area contributed by atoms with Gasteiger partial charge in [0.1, 0.15) is 11.5 Å². The van der Waals surface area contributed by atoms with Gasteiger partial charge in [0.15, 0.2) is 11.5 Å². The second-order valence-electron chi connectivity index (χ2n) is 3.92. The molecule has 2 rings (SSSR count). The van der Waals surface area contributed by atoms with E-state index in [9.17, 15) is 0 Å². The third kappa shape index (κ3) is 4.13. The second kappa shape index (κ2) is 7.34. The lowest BCUT2D eigenvalue weighted by Crippen LogP contribution is -2.12. The van der Waals surface area contributed by atoms with Gasteiger partial charge < -0.3 is 18.8 Å². The Hall–Kier alpha value is -1.72. The molecule has 0 atom stereocenters. The van der Waals surface area contributed by atoms with Crippen LogP contribution in [0.15, 0.2) is 36.4 Å². The van der Waals surface area contributed by atoms with E-state index < -0.39 is 0 Å². The maximum Gasteiger partial charge on any atom is 0.658 e. The standard InChI is InChI=1S/C14H12BCl2O4/c1-18-11-5-3-9(16)7-13(11)20-15-21-14-8-10(17)4-6-12(14)19-2/h3-8H,1-2H3. The van der Waals surface area contributed by atoms with E-state index in [4.69, 9.17) is 42.0 Å². The van der Waals surface area contributed by atoms with Gasteiger partial charge in [-0.25, -0.2) is 0 Å². The summed E-state index contributed by atoms with van der Waals surface area (Å²) < 4.78 is 21.1. The SMILES string of the molecule is COc1ccc(Cl)cc1O[B]Oc1cc(Cl)ccc1OC. The van der Waals surface area contributed by atoms with Crippen molar-refractivity contribution in [2.24, 2.45) is 0 Å².